The number of rotatable bonds is 7. The van der Waals surface area contributed by atoms with Crippen LogP contribution in [0.3, 0.4) is 0 Å². The average molecular weight is 319 g/mol. The lowest BCUT2D eigenvalue weighted by Crippen LogP contribution is -2.46. The Morgan fingerprint density at radius 3 is 2.70 bits per heavy atom. The van der Waals surface area contributed by atoms with Crippen molar-refractivity contribution in [1.82, 2.24) is 4.90 Å². The summed E-state index contributed by atoms with van der Waals surface area (Å²) < 4.78 is 5.68. The summed E-state index contributed by atoms with van der Waals surface area (Å²) in [6.07, 6.45) is 3.91. The van der Waals surface area contributed by atoms with Crippen molar-refractivity contribution in [3.8, 4) is 5.75 Å². The highest BCUT2D eigenvalue weighted by Crippen LogP contribution is 2.32. The Morgan fingerprint density at radius 2 is 2.09 bits per heavy atom. The highest BCUT2D eigenvalue weighted by atomic mass is 16.5. The van der Waals surface area contributed by atoms with Gasteiger partial charge < -0.3 is 10.5 Å². The summed E-state index contributed by atoms with van der Waals surface area (Å²) in [6.45, 7) is 12.6. The molecule has 2 atom stereocenters. The van der Waals surface area contributed by atoms with Crippen LogP contribution in [0.15, 0.2) is 18.2 Å². The third-order valence-corrected chi connectivity index (χ3v) is 4.91. The molecule has 0 aromatic heterocycles. The van der Waals surface area contributed by atoms with Gasteiger partial charge in [0.05, 0.1) is 6.61 Å². The van der Waals surface area contributed by atoms with E-state index in [9.17, 15) is 0 Å². The third kappa shape index (κ3) is 4.71. The predicted molar refractivity (Wildman–Crippen MR) is 98.2 cm³/mol. The van der Waals surface area contributed by atoms with Gasteiger partial charge in [-0.1, -0.05) is 32.4 Å². The number of benzene rings is 1. The van der Waals surface area contributed by atoms with E-state index in [2.05, 4.69) is 43.9 Å². The molecule has 1 saturated heterocycles. The summed E-state index contributed by atoms with van der Waals surface area (Å²) in [5.41, 5.74) is 8.80. The number of piperidine rings is 1. The van der Waals surface area contributed by atoms with Crippen molar-refractivity contribution < 1.29 is 4.74 Å². The van der Waals surface area contributed by atoms with Gasteiger partial charge in [0, 0.05) is 25.0 Å². The van der Waals surface area contributed by atoms with E-state index in [1.807, 2.05) is 6.92 Å². The Balaban J connectivity index is 2.21. The van der Waals surface area contributed by atoms with E-state index in [1.165, 1.54) is 43.5 Å². The van der Waals surface area contributed by atoms with Gasteiger partial charge in [0.2, 0.25) is 0 Å². The molecule has 130 valence electrons. The summed E-state index contributed by atoms with van der Waals surface area (Å²) in [7, 11) is 0. The molecule has 2 N–H and O–H groups in total. The second-order valence-corrected chi connectivity index (χ2v) is 7.25. The fraction of sp³-hybridized carbons (Fsp3) is 0.700. The number of nitrogens with zero attached hydrogens (tertiary/aromatic N) is 1. The molecule has 1 aromatic rings. The zero-order valence-electron chi connectivity index (χ0n) is 15.3. The van der Waals surface area contributed by atoms with Crippen LogP contribution in [0, 0.1) is 12.8 Å². The SMILES string of the molecule is CCOc1ccc(C(CN)C2CCCCN2CC(C)C)cc1C. The summed E-state index contributed by atoms with van der Waals surface area (Å²) in [5.74, 6) is 2.12. The van der Waals surface area contributed by atoms with Crippen molar-refractivity contribution in [2.75, 3.05) is 26.2 Å². The Labute approximate surface area is 142 Å². The summed E-state index contributed by atoms with van der Waals surface area (Å²) in [5, 5.41) is 0. The number of nitrogens with two attached hydrogens (primary N) is 1. The van der Waals surface area contributed by atoms with Crippen molar-refractivity contribution in [3.05, 3.63) is 29.3 Å². The Morgan fingerprint density at radius 1 is 1.30 bits per heavy atom. The standard InChI is InChI=1S/C20H34N2O/c1-5-23-20-10-9-17(12-16(20)4)18(13-21)19-8-6-7-11-22(19)14-15(2)3/h9-10,12,15,18-19H,5-8,11,13-14,21H2,1-4H3. The minimum absolute atomic E-state index is 0.420. The first-order valence-electron chi connectivity index (χ1n) is 9.24. The van der Waals surface area contributed by atoms with Crippen molar-refractivity contribution in [1.29, 1.82) is 0 Å². The van der Waals surface area contributed by atoms with Gasteiger partial charge in [-0.3, -0.25) is 4.90 Å². The molecule has 3 heteroatoms. The zero-order valence-corrected chi connectivity index (χ0v) is 15.3. The molecule has 0 bridgehead atoms. The van der Waals surface area contributed by atoms with Crippen LogP contribution < -0.4 is 10.5 Å². The molecular weight excluding hydrogens is 284 g/mol. The van der Waals surface area contributed by atoms with E-state index in [4.69, 9.17) is 10.5 Å². The van der Waals surface area contributed by atoms with Crippen LogP contribution in [-0.4, -0.2) is 37.2 Å². The number of likely N-dealkylation sites (tertiary alicyclic amines) is 1. The molecule has 1 aromatic carbocycles. The fourth-order valence-corrected chi connectivity index (χ4v) is 3.90. The first kappa shape index (κ1) is 18.3. The molecule has 0 saturated carbocycles. The van der Waals surface area contributed by atoms with Crippen LogP contribution in [0.5, 0.6) is 5.75 Å². The second-order valence-electron chi connectivity index (χ2n) is 7.25. The van der Waals surface area contributed by atoms with Crippen molar-refractivity contribution >= 4 is 0 Å². The van der Waals surface area contributed by atoms with Gasteiger partial charge in [-0.05, 0) is 56.3 Å². The summed E-state index contributed by atoms with van der Waals surface area (Å²) in [4.78, 5) is 2.68. The van der Waals surface area contributed by atoms with E-state index >= 15 is 0 Å². The quantitative estimate of drug-likeness (QED) is 0.827. The van der Waals surface area contributed by atoms with Crippen molar-refractivity contribution in [2.24, 2.45) is 11.7 Å². The summed E-state index contributed by atoms with van der Waals surface area (Å²) in [6, 6.07) is 7.20. The maximum atomic E-state index is 6.22. The van der Waals surface area contributed by atoms with E-state index < -0.39 is 0 Å². The van der Waals surface area contributed by atoms with Gasteiger partial charge >= 0.3 is 0 Å². The smallest absolute Gasteiger partial charge is 0.122 e. The van der Waals surface area contributed by atoms with E-state index in [1.54, 1.807) is 0 Å². The number of aryl methyl sites for hydroxylation is 1. The van der Waals surface area contributed by atoms with Gasteiger partial charge in [0.1, 0.15) is 5.75 Å². The lowest BCUT2D eigenvalue weighted by molar-refractivity contribution is 0.112. The Kier molecular flexibility index (Phi) is 6.91. The zero-order chi connectivity index (χ0) is 16.8. The number of ether oxygens (including phenoxy) is 1. The van der Waals surface area contributed by atoms with Crippen LogP contribution in [0.2, 0.25) is 0 Å². The highest BCUT2D eigenvalue weighted by molar-refractivity contribution is 5.38. The third-order valence-electron chi connectivity index (χ3n) is 4.91. The largest absolute Gasteiger partial charge is 0.494 e. The van der Waals surface area contributed by atoms with Gasteiger partial charge in [0.25, 0.3) is 0 Å². The molecule has 0 amide bonds. The molecule has 1 aliphatic heterocycles. The van der Waals surface area contributed by atoms with Crippen LogP contribution >= 0.6 is 0 Å². The van der Waals surface area contributed by atoms with Gasteiger partial charge in [0.15, 0.2) is 0 Å². The van der Waals surface area contributed by atoms with E-state index in [0.29, 0.717) is 31.0 Å². The molecule has 0 aliphatic carbocycles. The Bertz CT molecular complexity index is 487. The molecule has 1 heterocycles. The Hall–Kier alpha value is -1.06. The minimum atomic E-state index is 0.420. The lowest BCUT2D eigenvalue weighted by atomic mass is 9.84. The molecule has 1 fully saturated rings. The monoisotopic (exact) mass is 318 g/mol. The molecule has 2 unspecified atom stereocenters. The minimum Gasteiger partial charge on any atom is -0.494 e. The molecule has 23 heavy (non-hydrogen) atoms. The number of hydrogen-bond donors (Lipinski definition) is 1. The molecular formula is C20H34N2O. The highest BCUT2D eigenvalue weighted by Gasteiger charge is 2.30. The average Bonchev–Trinajstić information content (AvgIpc) is 2.52. The van der Waals surface area contributed by atoms with E-state index in [-0.39, 0.29) is 0 Å². The van der Waals surface area contributed by atoms with Gasteiger partial charge in [-0.15, -0.1) is 0 Å². The second kappa shape index (κ2) is 8.70. The summed E-state index contributed by atoms with van der Waals surface area (Å²) >= 11 is 0. The first-order valence-corrected chi connectivity index (χ1v) is 9.24. The van der Waals surface area contributed by atoms with Crippen LogP contribution in [0.4, 0.5) is 0 Å². The maximum Gasteiger partial charge on any atom is 0.122 e. The molecule has 3 nitrogen and oxygen atoms in total. The van der Waals surface area contributed by atoms with Crippen molar-refractivity contribution in [2.45, 2.75) is 58.9 Å². The lowest BCUT2D eigenvalue weighted by Gasteiger charge is -2.41. The topological polar surface area (TPSA) is 38.5 Å². The van der Waals surface area contributed by atoms with Crippen LogP contribution in [0.25, 0.3) is 0 Å². The van der Waals surface area contributed by atoms with Gasteiger partial charge in [-0.2, -0.15) is 0 Å². The number of hydrogen-bond acceptors (Lipinski definition) is 3. The molecule has 1 aliphatic rings. The van der Waals surface area contributed by atoms with Crippen LogP contribution in [-0.2, 0) is 0 Å². The first-order chi connectivity index (χ1) is 11.1. The van der Waals surface area contributed by atoms with E-state index in [0.717, 1.165) is 5.75 Å². The molecule has 0 radical (unpaired) electrons. The van der Waals surface area contributed by atoms with Crippen LogP contribution in [0.1, 0.15) is 57.1 Å². The molecule has 2 rings (SSSR count). The fourth-order valence-electron chi connectivity index (χ4n) is 3.90. The molecule has 0 spiro atoms. The normalized spacial score (nSPS) is 20.7. The van der Waals surface area contributed by atoms with Crippen molar-refractivity contribution in [3.63, 3.8) is 0 Å². The predicted octanol–water partition coefficient (Wildman–Crippen LogP) is 3.95. The van der Waals surface area contributed by atoms with Gasteiger partial charge in [-0.25, -0.2) is 0 Å². The maximum absolute atomic E-state index is 6.22.